The van der Waals surface area contributed by atoms with Crippen molar-refractivity contribution in [3.05, 3.63) is 0 Å². The number of ether oxygens (including phenoxy) is 1. The molecular formula is C30H48O3. The number of hydrogen-bond donors (Lipinski definition) is 1. The fraction of sp³-hybridized carbons (Fsp3) is 0.967. The Morgan fingerprint density at radius 1 is 0.939 bits per heavy atom. The Balaban J connectivity index is 1.29. The van der Waals surface area contributed by atoms with Gasteiger partial charge < -0.3 is 14.6 Å². The molecule has 5 saturated carbocycles. The molecule has 0 aromatic heterocycles. The maximum absolute atomic E-state index is 11.5. The summed E-state index contributed by atoms with van der Waals surface area (Å²) in [5, 5.41) is 11.0. The van der Waals surface area contributed by atoms with Crippen LogP contribution >= 0.6 is 0 Å². The highest BCUT2D eigenvalue weighted by Crippen LogP contribution is 2.88. The third-order valence-electron chi connectivity index (χ3n) is 13.4. The van der Waals surface area contributed by atoms with E-state index < -0.39 is 0 Å². The summed E-state index contributed by atoms with van der Waals surface area (Å²) in [5.41, 5.74) is 1.51. The lowest BCUT2D eigenvalue weighted by Crippen LogP contribution is -2.50. The summed E-state index contributed by atoms with van der Waals surface area (Å²) in [6.07, 6.45) is 15.1. The first-order valence-electron chi connectivity index (χ1n) is 14.4. The maximum Gasteiger partial charge on any atom is 0.129 e. The molecule has 186 valence electrons. The van der Waals surface area contributed by atoms with Gasteiger partial charge in [0.15, 0.2) is 0 Å². The van der Waals surface area contributed by atoms with E-state index in [-0.39, 0.29) is 11.5 Å². The lowest BCUT2D eigenvalue weighted by atomic mass is 9.51. The van der Waals surface area contributed by atoms with Crippen molar-refractivity contribution >= 4 is 5.78 Å². The molecule has 1 N–H and O–H groups in total. The molecule has 11 atom stereocenters. The van der Waals surface area contributed by atoms with E-state index in [4.69, 9.17) is 4.74 Å². The lowest BCUT2D eigenvalue weighted by molar-refractivity contribution is -0.121. The van der Waals surface area contributed by atoms with Crippen LogP contribution in [0.2, 0.25) is 0 Å². The zero-order valence-electron chi connectivity index (χ0n) is 21.9. The van der Waals surface area contributed by atoms with Crippen molar-refractivity contribution in [3.63, 3.8) is 0 Å². The van der Waals surface area contributed by atoms with E-state index in [1.807, 2.05) is 0 Å². The van der Waals surface area contributed by atoms with E-state index >= 15 is 0 Å². The zero-order chi connectivity index (χ0) is 23.4. The fourth-order valence-electron chi connectivity index (χ4n) is 11.8. The van der Waals surface area contributed by atoms with Crippen LogP contribution in [0.1, 0.15) is 112 Å². The molecule has 33 heavy (non-hydrogen) atoms. The summed E-state index contributed by atoms with van der Waals surface area (Å²) in [5.74, 6) is 4.20. The summed E-state index contributed by atoms with van der Waals surface area (Å²) >= 11 is 0. The third kappa shape index (κ3) is 2.79. The standard InChI is InChI=1S/C30H48O3/c1-18(31)9-10-20-11-12-22-24(33-20)17-23-21-7-6-8-25-27(3,4)26(32)13-14-30(25)19(2)29(21,30)16-15-28(22,23)5/h19-26,32H,6-17H2,1-5H3. The predicted molar refractivity (Wildman–Crippen MR) is 131 cm³/mol. The van der Waals surface area contributed by atoms with Crippen LogP contribution in [0, 0.1) is 51.2 Å². The van der Waals surface area contributed by atoms with E-state index in [1.54, 1.807) is 6.92 Å². The van der Waals surface area contributed by atoms with E-state index in [0.717, 1.165) is 42.9 Å². The molecule has 0 radical (unpaired) electrons. The van der Waals surface area contributed by atoms with Gasteiger partial charge in [0.1, 0.15) is 5.78 Å². The minimum atomic E-state index is -0.127. The smallest absolute Gasteiger partial charge is 0.129 e. The summed E-state index contributed by atoms with van der Waals surface area (Å²) in [7, 11) is 0. The fourth-order valence-corrected chi connectivity index (χ4v) is 11.8. The van der Waals surface area contributed by atoms with Gasteiger partial charge in [-0.15, -0.1) is 0 Å². The number of fused-ring (bicyclic) bond motifs is 4. The summed E-state index contributed by atoms with van der Waals surface area (Å²) in [6, 6.07) is 0. The topological polar surface area (TPSA) is 46.5 Å². The number of ketones is 1. The zero-order valence-corrected chi connectivity index (χ0v) is 21.9. The van der Waals surface area contributed by atoms with Gasteiger partial charge in [-0.2, -0.15) is 0 Å². The minimum Gasteiger partial charge on any atom is -0.393 e. The Hall–Kier alpha value is -0.410. The number of aliphatic hydroxyl groups is 1. The highest BCUT2D eigenvalue weighted by Gasteiger charge is 2.83. The SMILES string of the molecule is CC(=O)CCC1CCC2C(CC3C4CCCC5C(C)(C)C(O)CCC56C(C)C46CCC23C)O1. The molecule has 11 unspecified atom stereocenters. The average Bonchev–Trinajstić information content (AvgIpc) is 3.18. The molecule has 1 aliphatic heterocycles. The van der Waals surface area contributed by atoms with Crippen molar-refractivity contribution < 1.29 is 14.6 Å². The first kappa shape index (κ1) is 23.0. The van der Waals surface area contributed by atoms with Gasteiger partial charge in [0.2, 0.25) is 0 Å². The molecule has 3 nitrogen and oxygen atoms in total. The van der Waals surface area contributed by atoms with Crippen LogP contribution in [-0.2, 0) is 9.53 Å². The molecule has 0 amide bonds. The Morgan fingerprint density at radius 2 is 1.73 bits per heavy atom. The normalized spacial score (nSPS) is 56.4. The first-order valence-corrected chi connectivity index (χ1v) is 14.4. The van der Waals surface area contributed by atoms with Crippen molar-refractivity contribution in [1.29, 1.82) is 0 Å². The maximum atomic E-state index is 11.5. The van der Waals surface area contributed by atoms with Crippen LogP contribution in [0.25, 0.3) is 0 Å². The van der Waals surface area contributed by atoms with Gasteiger partial charge in [-0.3, -0.25) is 0 Å². The number of carbonyl (C=O) groups excluding carboxylic acids is 1. The van der Waals surface area contributed by atoms with Gasteiger partial charge in [0.05, 0.1) is 18.3 Å². The van der Waals surface area contributed by atoms with Crippen molar-refractivity contribution in [3.8, 4) is 0 Å². The van der Waals surface area contributed by atoms with Gasteiger partial charge in [-0.05, 0) is 122 Å². The third-order valence-corrected chi connectivity index (χ3v) is 13.4. The van der Waals surface area contributed by atoms with E-state index in [9.17, 15) is 9.90 Å². The van der Waals surface area contributed by atoms with Crippen LogP contribution < -0.4 is 0 Å². The second-order valence-electron chi connectivity index (χ2n) is 14.3. The largest absolute Gasteiger partial charge is 0.393 e. The molecule has 6 fully saturated rings. The van der Waals surface area contributed by atoms with E-state index in [2.05, 4.69) is 27.7 Å². The van der Waals surface area contributed by atoms with Gasteiger partial charge in [-0.25, -0.2) is 0 Å². The average molecular weight is 457 g/mol. The predicted octanol–water partition coefficient (Wildman–Crippen LogP) is 6.56. The second kappa shape index (κ2) is 7.31. The van der Waals surface area contributed by atoms with Crippen molar-refractivity contribution in [2.24, 2.45) is 51.2 Å². The summed E-state index contributed by atoms with van der Waals surface area (Å²) in [4.78, 5) is 11.5. The number of rotatable bonds is 3. The molecule has 0 bridgehead atoms. The van der Waals surface area contributed by atoms with Gasteiger partial charge in [0.25, 0.3) is 0 Å². The quantitative estimate of drug-likeness (QED) is 0.523. The van der Waals surface area contributed by atoms with Crippen molar-refractivity contribution in [2.45, 2.75) is 130 Å². The number of carbonyl (C=O) groups is 1. The molecule has 3 heteroatoms. The highest BCUT2D eigenvalue weighted by atomic mass is 16.5. The molecular weight excluding hydrogens is 408 g/mol. The minimum absolute atomic E-state index is 0.0579. The highest BCUT2D eigenvalue weighted by molar-refractivity contribution is 5.75. The second-order valence-corrected chi connectivity index (χ2v) is 14.3. The van der Waals surface area contributed by atoms with Crippen LogP contribution in [0.15, 0.2) is 0 Å². The Kier molecular flexibility index (Phi) is 5.10. The van der Waals surface area contributed by atoms with Crippen molar-refractivity contribution in [2.75, 3.05) is 0 Å². The van der Waals surface area contributed by atoms with Crippen LogP contribution in [-0.4, -0.2) is 29.2 Å². The number of Topliss-reactive ketones (excluding diaryl/α,β-unsaturated/α-hetero) is 1. The molecule has 1 saturated heterocycles. The van der Waals surface area contributed by atoms with Crippen LogP contribution in [0.4, 0.5) is 0 Å². The Bertz CT molecular complexity index is 819. The van der Waals surface area contributed by atoms with Gasteiger partial charge in [0, 0.05) is 6.42 Å². The van der Waals surface area contributed by atoms with E-state index in [0.29, 0.717) is 46.6 Å². The van der Waals surface area contributed by atoms with E-state index in [1.165, 1.54) is 51.4 Å². The first-order chi connectivity index (χ1) is 15.6. The summed E-state index contributed by atoms with van der Waals surface area (Å²) < 4.78 is 6.77. The summed E-state index contributed by atoms with van der Waals surface area (Å²) in [6.45, 7) is 11.7. The Morgan fingerprint density at radius 3 is 2.48 bits per heavy atom. The molecule has 6 rings (SSSR count). The van der Waals surface area contributed by atoms with Crippen molar-refractivity contribution in [1.82, 2.24) is 0 Å². The van der Waals surface area contributed by atoms with Crippen LogP contribution in [0.3, 0.4) is 0 Å². The molecule has 0 aromatic rings. The Labute approximate surface area is 201 Å². The lowest BCUT2D eigenvalue weighted by Gasteiger charge is -2.54. The molecule has 1 heterocycles. The molecule has 0 aromatic carbocycles. The molecule has 2 spiro atoms. The molecule has 6 aliphatic rings. The number of aliphatic hydroxyl groups excluding tert-OH is 1. The number of hydrogen-bond acceptors (Lipinski definition) is 3. The van der Waals surface area contributed by atoms with Gasteiger partial charge in [-0.1, -0.05) is 34.1 Å². The van der Waals surface area contributed by atoms with Crippen LogP contribution in [0.5, 0.6) is 0 Å². The molecule has 5 aliphatic carbocycles. The monoisotopic (exact) mass is 456 g/mol. The van der Waals surface area contributed by atoms with Gasteiger partial charge >= 0.3 is 0 Å².